The molecule has 1 aliphatic rings. The Morgan fingerprint density at radius 3 is 2.64 bits per heavy atom. The number of aliphatic hydroxyl groups is 2. The minimum absolute atomic E-state index is 0.239. The molecule has 0 saturated carbocycles. The van der Waals surface area contributed by atoms with Crippen LogP contribution in [0, 0.1) is 0 Å². The predicted octanol–water partition coefficient (Wildman–Crippen LogP) is -0.951. The highest BCUT2D eigenvalue weighted by atomic mass is 19.1. The van der Waals surface area contributed by atoms with Crippen LogP contribution in [0.3, 0.4) is 0 Å². The first-order chi connectivity index (χ1) is 5.16. The summed E-state index contributed by atoms with van der Waals surface area (Å²) in [4.78, 5) is 0. The van der Waals surface area contributed by atoms with Crippen LogP contribution in [0.15, 0.2) is 0 Å². The maximum atomic E-state index is 12.5. The molecule has 4 atom stereocenters. The molecule has 1 saturated heterocycles. The minimum Gasteiger partial charge on any atom is -0.387 e. The van der Waals surface area contributed by atoms with E-state index in [9.17, 15) is 4.39 Å². The highest BCUT2D eigenvalue weighted by molar-refractivity contribution is 4.82. The summed E-state index contributed by atoms with van der Waals surface area (Å²) in [6, 6.07) is 0. The van der Waals surface area contributed by atoms with Gasteiger partial charge in [-0.25, -0.2) is 4.39 Å². The first-order valence-electron chi connectivity index (χ1n) is 3.31. The molecule has 0 spiro atoms. The monoisotopic (exact) mass is 166 g/mol. The molecular weight excluding hydrogens is 155 g/mol. The van der Waals surface area contributed by atoms with Crippen LogP contribution in [-0.2, 0) is 9.47 Å². The van der Waals surface area contributed by atoms with Crippen LogP contribution < -0.4 is 0 Å². The summed E-state index contributed by atoms with van der Waals surface area (Å²) in [7, 11) is 1.32. The van der Waals surface area contributed by atoms with Gasteiger partial charge in [0.2, 0.25) is 0 Å². The van der Waals surface area contributed by atoms with E-state index in [1.807, 2.05) is 0 Å². The smallest absolute Gasteiger partial charge is 0.185 e. The first-order valence-corrected chi connectivity index (χ1v) is 3.31. The molecule has 66 valence electrons. The van der Waals surface area contributed by atoms with Gasteiger partial charge in [-0.15, -0.1) is 0 Å². The number of methoxy groups -OCH3 is 1. The molecule has 4 nitrogen and oxygen atoms in total. The van der Waals surface area contributed by atoms with Crippen LogP contribution in [0.25, 0.3) is 0 Å². The van der Waals surface area contributed by atoms with Gasteiger partial charge in [-0.1, -0.05) is 0 Å². The van der Waals surface area contributed by atoms with Gasteiger partial charge in [-0.3, -0.25) is 0 Å². The lowest BCUT2D eigenvalue weighted by molar-refractivity contribution is -0.251. The summed E-state index contributed by atoms with van der Waals surface area (Å²) in [6.07, 6.45) is -5.16. The Morgan fingerprint density at radius 2 is 2.09 bits per heavy atom. The average molecular weight is 166 g/mol. The van der Waals surface area contributed by atoms with Crippen LogP contribution in [0.1, 0.15) is 0 Å². The zero-order chi connectivity index (χ0) is 8.43. The van der Waals surface area contributed by atoms with Gasteiger partial charge in [-0.2, -0.15) is 0 Å². The van der Waals surface area contributed by atoms with Crippen molar-refractivity contribution in [1.29, 1.82) is 0 Å². The zero-order valence-corrected chi connectivity index (χ0v) is 6.11. The Hall–Kier alpha value is -0.230. The van der Waals surface area contributed by atoms with Crippen molar-refractivity contribution < 1.29 is 24.1 Å². The quantitative estimate of drug-likeness (QED) is 0.527. The van der Waals surface area contributed by atoms with Crippen molar-refractivity contribution in [2.75, 3.05) is 13.7 Å². The van der Waals surface area contributed by atoms with E-state index < -0.39 is 24.7 Å². The molecule has 1 aliphatic heterocycles. The lowest BCUT2D eigenvalue weighted by atomic mass is 10.1. The lowest BCUT2D eigenvalue weighted by Crippen LogP contribution is -2.51. The molecule has 0 aromatic carbocycles. The standard InChI is InChI=1S/C6H11FO4/c1-10-6-5(9)4(8)3(7)2-11-6/h3-6,8-9H,2H2,1H3/t3-,4-,5-,6-/m0/s1. The third kappa shape index (κ3) is 1.67. The van der Waals surface area contributed by atoms with Crippen molar-refractivity contribution in [3.05, 3.63) is 0 Å². The molecule has 0 unspecified atom stereocenters. The third-order valence-electron chi connectivity index (χ3n) is 1.65. The van der Waals surface area contributed by atoms with Crippen molar-refractivity contribution in [2.24, 2.45) is 0 Å². The molecule has 1 rings (SSSR count). The summed E-state index contributed by atoms with van der Waals surface area (Å²) >= 11 is 0. The number of hydrogen-bond acceptors (Lipinski definition) is 4. The number of aliphatic hydroxyl groups excluding tert-OH is 2. The van der Waals surface area contributed by atoms with Gasteiger partial charge in [0.25, 0.3) is 0 Å². The van der Waals surface area contributed by atoms with E-state index in [2.05, 4.69) is 4.74 Å². The van der Waals surface area contributed by atoms with Crippen LogP contribution in [0.2, 0.25) is 0 Å². The van der Waals surface area contributed by atoms with E-state index in [4.69, 9.17) is 14.9 Å². The van der Waals surface area contributed by atoms with E-state index in [1.54, 1.807) is 0 Å². The number of alkyl halides is 1. The summed E-state index contributed by atoms with van der Waals surface area (Å²) in [6.45, 7) is -0.239. The maximum Gasteiger partial charge on any atom is 0.185 e. The Bertz CT molecular complexity index is 130. The summed E-state index contributed by atoms with van der Waals surface area (Å²) in [5.41, 5.74) is 0. The number of halogens is 1. The zero-order valence-electron chi connectivity index (χ0n) is 6.11. The second kappa shape index (κ2) is 3.44. The molecule has 0 aliphatic carbocycles. The SMILES string of the molecule is CO[C@H]1OC[C@H](F)[C@H](O)[C@@H]1O. The number of hydrogen-bond donors (Lipinski definition) is 2. The summed E-state index contributed by atoms with van der Waals surface area (Å²) < 4.78 is 21.9. The highest BCUT2D eigenvalue weighted by Gasteiger charge is 2.38. The number of rotatable bonds is 1. The molecule has 11 heavy (non-hydrogen) atoms. The molecule has 5 heteroatoms. The van der Waals surface area contributed by atoms with E-state index in [1.165, 1.54) is 7.11 Å². The Labute approximate surface area is 63.5 Å². The predicted molar refractivity (Wildman–Crippen MR) is 33.7 cm³/mol. The molecule has 1 fully saturated rings. The normalized spacial score (nSPS) is 45.8. The maximum absolute atomic E-state index is 12.5. The van der Waals surface area contributed by atoms with Crippen LogP contribution in [-0.4, -0.2) is 48.6 Å². The highest BCUT2D eigenvalue weighted by Crippen LogP contribution is 2.17. The average Bonchev–Trinajstić information content (AvgIpc) is 2.01. The van der Waals surface area contributed by atoms with Crippen molar-refractivity contribution >= 4 is 0 Å². The van der Waals surface area contributed by atoms with Gasteiger partial charge in [0, 0.05) is 7.11 Å². The van der Waals surface area contributed by atoms with Crippen molar-refractivity contribution in [2.45, 2.75) is 24.7 Å². The van der Waals surface area contributed by atoms with Crippen molar-refractivity contribution in [1.82, 2.24) is 0 Å². The second-order valence-electron chi connectivity index (χ2n) is 2.43. The largest absolute Gasteiger partial charge is 0.387 e. The van der Waals surface area contributed by atoms with Crippen LogP contribution in [0.4, 0.5) is 4.39 Å². The Balaban J connectivity index is 2.52. The molecule has 0 radical (unpaired) electrons. The summed E-state index contributed by atoms with van der Waals surface area (Å²) in [5.74, 6) is 0. The van der Waals surface area contributed by atoms with Gasteiger partial charge >= 0.3 is 0 Å². The topological polar surface area (TPSA) is 58.9 Å². The van der Waals surface area contributed by atoms with E-state index in [0.29, 0.717) is 0 Å². The molecular formula is C6H11FO4. The third-order valence-corrected chi connectivity index (χ3v) is 1.65. The van der Waals surface area contributed by atoms with Gasteiger partial charge in [-0.05, 0) is 0 Å². The van der Waals surface area contributed by atoms with Crippen molar-refractivity contribution in [3.8, 4) is 0 Å². The Morgan fingerprint density at radius 1 is 1.45 bits per heavy atom. The van der Waals surface area contributed by atoms with Gasteiger partial charge in [0.1, 0.15) is 12.2 Å². The fourth-order valence-electron chi connectivity index (χ4n) is 0.966. The second-order valence-corrected chi connectivity index (χ2v) is 2.43. The molecule has 0 amide bonds. The van der Waals surface area contributed by atoms with E-state index in [0.717, 1.165) is 0 Å². The Kier molecular flexibility index (Phi) is 2.78. The van der Waals surface area contributed by atoms with Gasteiger partial charge in [0.15, 0.2) is 12.5 Å². The molecule has 0 aromatic heterocycles. The first kappa shape index (κ1) is 8.86. The van der Waals surface area contributed by atoms with Crippen molar-refractivity contribution in [3.63, 3.8) is 0 Å². The van der Waals surface area contributed by atoms with Crippen LogP contribution in [0.5, 0.6) is 0 Å². The lowest BCUT2D eigenvalue weighted by Gasteiger charge is -2.32. The fourth-order valence-corrected chi connectivity index (χ4v) is 0.966. The van der Waals surface area contributed by atoms with Gasteiger partial charge < -0.3 is 19.7 Å². The molecule has 0 aromatic rings. The van der Waals surface area contributed by atoms with E-state index in [-0.39, 0.29) is 6.61 Å². The fraction of sp³-hybridized carbons (Fsp3) is 1.00. The molecule has 1 heterocycles. The molecule has 2 N–H and O–H groups in total. The number of ether oxygens (including phenoxy) is 2. The van der Waals surface area contributed by atoms with Crippen LogP contribution >= 0.6 is 0 Å². The molecule has 0 bridgehead atoms. The summed E-state index contributed by atoms with van der Waals surface area (Å²) in [5, 5.41) is 18.0. The minimum atomic E-state index is -1.53. The van der Waals surface area contributed by atoms with E-state index >= 15 is 0 Å². The van der Waals surface area contributed by atoms with Gasteiger partial charge in [0.05, 0.1) is 6.61 Å².